The van der Waals surface area contributed by atoms with Crippen molar-refractivity contribution in [3.05, 3.63) is 35.9 Å². The monoisotopic (exact) mass is 236 g/mol. The largest absolute Gasteiger partial charge is 0.287 e. The topological polar surface area (TPSA) is 17.1 Å². The Morgan fingerprint density at radius 2 is 1.88 bits per heavy atom. The molecular formula is C14H20OS. The van der Waals surface area contributed by atoms with Gasteiger partial charge in [0.1, 0.15) is 0 Å². The molecule has 1 rings (SSSR count). The van der Waals surface area contributed by atoms with E-state index in [0.717, 1.165) is 12.8 Å². The van der Waals surface area contributed by atoms with E-state index in [2.05, 4.69) is 38.1 Å². The first-order valence-corrected chi connectivity index (χ1v) is 6.87. The number of carbonyl (C=O) groups excluding carboxylic acids is 1. The smallest absolute Gasteiger partial charge is 0.189 e. The number of hydrogen-bond donors (Lipinski definition) is 0. The Morgan fingerprint density at radius 1 is 1.25 bits per heavy atom. The van der Waals surface area contributed by atoms with E-state index in [9.17, 15) is 4.79 Å². The van der Waals surface area contributed by atoms with Gasteiger partial charge >= 0.3 is 0 Å². The van der Waals surface area contributed by atoms with Gasteiger partial charge in [0.15, 0.2) is 5.12 Å². The van der Waals surface area contributed by atoms with E-state index < -0.39 is 0 Å². The molecule has 0 amide bonds. The van der Waals surface area contributed by atoms with Gasteiger partial charge in [-0.05, 0) is 30.1 Å². The van der Waals surface area contributed by atoms with Crippen molar-refractivity contribution < 1.29 is 4.79 Å². The predicted molar refractivity (Wildman–Crippen MR) is 71.7 cm³/mol. The summed E-state index contributed by atoms with van der Waals surface area (Å²) in [4.78, 5) is 11.4. The highest BCUT2D eigenvalue weighted by Gasteiger charge is 2.21. The van der Waals surface area contributed by atoms with Crippen molar-refractivity contribution in [2.24, 2.45) is 5.41 Å². The normalized spacial score (nSPS) is 11.4. The van der Waals surface area contributed by atoms with Crippen molar-refractivity contribution in [1.82, 2.24) is 0 Å². The first kappa shape index (κ1) is 13.3. The Labute approximate surface area is 103 Å². The molecule has 0 atom stereocenters. The molecule has 1 aromatic rings. The zero-order valence-corrected chi connectivity index (χ0v) is 11.1. The van der Waals surface area contributed by atoms with Crippen molar-refractivity contribution in [3.8, 4) is 0 Å². The Morgan fingerprint density at radius 3 is 2.44 bits per heavy atom. The summed E-state index contributed by atoms with van der Waals surface area (Å²) in [5, 5.41) is 0.290. The molecule has 0 fully saturated rings. The average Bonchev–Trinajstić information content (AvgIpc) is 2.27. The van der Waals surface area contributed by atoms with Gasteiger partial charge in [0, 0.05) is 6.42 Å². The van der Waals surface area contributed by atoms with Crippen LogP contribution in [0.1, 0.15) is 32.3 Å². The summed E-state index contributed by atoms with van der Waals surface area (Å²) in [6.07, 6.45) is 4.63. The van der Waals surface area contributed by atoms with Gasteiger partial charge in [0.05, 0.1) is 0 Å². The van der Waals surface area contributed by atoms with Crippen molar-refractivity contribution in [2.75, 3.05) is 6.26 Å². The van der Waals surface area contributed by atoms with E-state index in [-0.39, 0.29) is 10.5 Å². The summed E-state index contributed by atoms with van der Waals surface area (Å²) in [5.41, 5.74) is 1.46. The van der Waals surface area contributed by atoms with Crippen molar-refractivity contribution in [2.45, 2.75) is 33.1 Å². The molecule has 0 aromatic heterocycles. The van der Waals surface area contributed by atoms with E-state index >= 15 is 0 Å². The van der Waals surface area contributed by atoms with Crippen LogP contribution in [-0.4, -0.2) is 11.4 Å². The van der Waals surface area contributed by atoms with Crippen LogP contribution >= 0.6 is 11.8 Å². The van der Waals surface area contributed by atoms with Gasteiger partial charge in [-0.15, -0.1) is 0 Å². The van der Waals surface area contributed by atoms with Gasteiger partial charge in [0.2, 0.25) is 0 Å². The van der Waals surface area contributed by atoms with Crippen LogP contribution in [0.5, 0.6) is 0 Å². The molecule has 1 aromatic carbocycles. The number of benzene rings is 1. The number of aryl methyl sites for hydroxylation is 1. The Kier molecular flexibility index (Phi) is 5.07. The minimum atomic E-state index is 0.107. The molecular weight excluding hydrogens is 216 g/mol. The van der Waals surface area contributed by atoms with Gasteiger partial charge in [-0.25, -0.2) is 0 Å². The molecule has 0 heterocycles. The van der Waals surface area contributed by atoms with Crippen LogP contribution in [0, 0.1) is 5.41 Å². The molecule has 0 saturated carbocycles. The van der Waals surface area contributed by atoms with Gasteiger partial charge in [-0.2, -0.15) is 0 Å². The zero-order valence-electron chi connectivity index (χ0n) is 10.3. The van der Waals surface area contributed by atoms with E-state index in [1.807, 2.05) is 12.3 Å². The van der Waals surface area contributed by atoms with Crippen molar-refractivity contribution >= 4 is 16.9 Å². The van der Waals surface area contributed by atoms with Crippen molar-refractivity contribution in [1.29, 1.82) is 0 Å². The lowest BCUT2D eigenvalue weighted by molar-refractivity contribution is -0.112. The number of hydrogen-bond acceptors (Lipinski definition) is 2. The quantitative estimate of drug-likeness (QED) is 0.770. The fourth-order valence-electron chi connectivity index (χ4n) is 1.68. The third-order valence-electron chi connectivity index (χ3n) is 2.78. The Bertz CT molecular complexity index is 330. The van der Waals surface area contributed by atoms with Gasteiger partial charge < -0.3 is 0 Å². The van der Waals surface area contributed by atoms with Crippen LogP contribution in [0.3, 0.4) is 0 Å². The maximum atomic E-state index is 11.4. The number of thioether (sulfide) groups is 1. The third kappa shape index (κ3) is 4.84. The second kappa shape index (κ2) is 6.09. The second-order valence-corrected chi connectivity index (χ2v) is 5.77. The van der Waals surface area contributed by atoms with Crippen molar-refractivity contribution in [3.63, 3.8) is 0 Å². The van der Waals surface area contributed by atoms with Gasteiger partial charge in [-0.3, -0.25) is 4.79 Å². The molecule has 1 nitrogen and oxygen atoms in total. The Balaban J connectivity index is 2.44. The molecule has 0 N–H and O–H groups in total. The predicted octanol–water partition coefficient (Wildman–Crippen LogP) is 3.93. The van der Waals surface area contributed by atoms with E-state index in [0.29, 0.717) is 6.42 Å². The lowest BCUT2D eigenvalue weighted by Crippen LogP contribution is -2.16. The molecule has 0 aliphatic heterocycles. The first-order chi connectivity index (χ1) is 7.53. The fourth-order valence-corrected chi connectivity index (χ4v) is 2.21. The summed E-state index contributed by atoms with van der Waals surface area (Å²) >= 11 is 1.33. The van der Waals surface area contributed by atoms with Crippen LogP contribution in [0.4, 0.5) is 0 Å². The van der Waals surface area contributed by atoms with Crippen LogP contribution in [0.25, 0.3) is 0 Å². The summed E-state index contributed by atoms with van der Waals surface area (Å²) in [7, 11) is 0. The second-order valence-electron chi connectivity index (χ2n) is 4.90. The standard InChI is InChI=1S/C14H20OS/c1-14(2,11-13(15)16-3)10-9-12-7-5-4-6-8-12/h4-8H,9-11H2,1-3H3. The number of carbonyl (C=O) groups is 1. The van der Waals surface area contributed by atoms with E-state index in [4.69, 9.17) is 0 Å². The molecule has 2 heteroatoms. The molecule has 0 spiro atoms. The van der Waals surface area contributed by atoms with Gasteiger partial charge in [-0.1, -0.05) is 55.9 Å². The van der Waals surface area contributed by atoms with Crippen LogP contribution in [0.15, 0.2) is 30.3 Å². The average molecular weight is 236 g/mol. The van der Waals surface area contributed by atoms with Gasteiger partial charge in [0.25, 0.3) is 0 Å². The minimum absolute atomic E-state index is 0.107. The molecule has 0 aliphatic rings. The summed E-state index contributed by atoms with van der Waals surface area (Å²) in [6, 6.07) is 10.5. The Hall–Kier alpha value is -0.760. The fraction of sp³-hybridized carbons (Fsp3) is 0.500. The van der Waals surface area contributed by atoms with Crippen LogP contribution < -0.4 is 0 Å². The molecule has 0 aliphatic carbocycles. The third-order valence-corrected chi connectivity index (χ3v) is 3.38. The van der Waals surface area contributed by atoms with E-state index in [1.165, 1.54) is 17.3 Å². The minimum Gasteiger partial charge on any atom is -0.287 e. The first-order valence-electron chi connectivity index (χ1n) is 5.64. The zero-order chi connectivity index (χ0) is 12.0. The summed E-state index contributed by atoms with van der Waals surface area (Å²) in [5.74, 6) is 0. The molecule has 0 bridgehead atoms. The van der Waals surface area contributed by atoms with Crippen LogP contribution in [-0.2, 0) is 11.2 Å². The SMILES string of the molecule is CSC(=O)CC(C)(C)CCc1ccccc1. The molecule has 0 unspecified atom stereocenters. The summed E-state index contributed by atoms with van der Waals surface area (Å²) < 4.78 is 0. The highest BCUT2D eigenvalue weighted by Crippen LogP contribution is 2.28. The lowest BCUT2D eigenvalue weighted by Gasteiger charge is -2.23. The molecule has 16 heavy (non-hydrogen) atoms. The maximum Gasteiger partial charge on any atom is 0.189 e. The van der Waals surface area contributed by atoms with Crippen LogP contribution in [0.2, 0.25) is 0 Å². The molecule has 0 radical (unpaired) electrons. The summed E-state index contributed by atoms with van der Waals surface area (Å²) in [6.45, 7) is 4.34. The van der Waals surface area contributed by atoms with E-state index in [1.54, 1.807) is 0 Å². The lowest BCUT2D eigenvalue weighted by atomic mass is 9.83. The number of rotatable bonds is 5. The maximum absolute atomic E-state index is 11.4. The highest BCUT2D eigenvalue weighted by atomic mass is 32.2. The molecule has 88 valence electrons. The highest BCUT2D eigenvalue weighted by molar-refractivity contribution is 8.13. The molecule has 0 saturated heterocycles.